The molecule has 2 amide bonds. The second-order valence-electron chi connectivity index (χ2n) is 8.62. The lowest BCUT2D eigenvalue weighted by Gasteiger charge is -2.05. The molecule has 0 heterocycles. The summed E-state index contributed by atoms with van der Waals surface area (Å²) in [5.74, 6) is -0.572. The van der Waals surface area contributed by atoms with E-state index in [1.54, 1.807) is 42.5 Å². The zero-order valence-corrected chi connectivity index (χ0v) is 22.5. The lowest BCUT2D eigenvalue weighted by molar-refractivity contribution is -0.126. The number of nitrogens with one attached hydrogen (secondary N) is 2. The molecule has 0 fully saturated rings. The first-order chi connectivity index (χ1) is 17.5. The van der Waals surface area contributed by atoms with Gasteiger partial charge in [0.2, 0.25) is 5.91 Å². The van der Waals surface area contributed by atoms with Crippen molar-refractivity contribution in [1.29, 1.82) is 0 Å². The van der Waals surface area contributed by atoms with Gasteiger partial charge in [0.15, 0.2) is 0 Å². The van der Waals surface area contributed by atoms with Gasteiger partial charge in [0.25, 0.3) is 5.91 Å². The highest BCUT2D eigenvalue weighted by Gasteiger charge is 2.09. The maximum absolute atomic E-state index is 12.2. The fraction of sp³-hybridized carbons (Fsp3) is 0.429. The number of ether oxygens (including phenoxy) is 1. The van der Waals surface area contributed by atoms with E-state index < -0.39 is 11.9 Å². The first-order valence-electron chi connectivity index (χ1n) is 12.6. The van der Waals surface area contributed by atoms with Gasteiger partial charge in [-0.15, -0.1) is 0 Å². The molecule has 0 unspecified atom stereocenters. The SMILES string of the molecule is CCCCCCCCCCCC(=O)NCC(=O)NN=Cc1ccc(OC(=O)c2cccc(Br)c2)cc1. The molecule has 0 radical (unpaired) electrons. The van der Waals surface area contributed by atoms with Crippen LogP contribution in [0.15, 0.2) is 58.1 Å². The summed E-state index contributed by atoms with van der Waals surface area (Å²) in [4.78, 5) is 36.0. The van der Waals surface area contributed by atoms with Crippen LogP contribution in [0.5, 0.6) is 5.75 Å². The van der Waals surface area contributed by atoms with Gasteiger partial charge < -0.3 is 10.1 Å². The number of hydrogen-bond donors (Lipinski definition) is 2. The van der Waals surface area contributed by atoms with E-state index in [-0.39, 0.29) is 12.5 Å². The van der Waals surface area contributed by atoms with Gasteiger partial charge in [-0.3, -0.25) is 9.59 Å². The summed E-state index contributed by atoms with van der Waals surface area (Å²) in [6.45, 7) is 2.11. The number of rotatable bonds is 16. The molecule has 0 aliphatic rings. The average molecular weight is 559 g/mol. The van der Waals surface area contributed by atoms with E-state index in [9.17, 15) is 14.4 Å². The minimum Gasteiger partial charge on any atom is -0.423 e. The quantitative estimate of drug-likeness (QED) is 0.0849. The molecular weight excluding hydrogens is 522 g/mol. The summed E-state index contributed by atoms with van der Waals surface area (Å²) < 4.78 is 6.15. The minimum atomic E-state index is -0.454. The number of unbranched alkanes of at least 4 members (excludes halogenated alkanes) is 8. The summed E-state index contributed by atoms with van der Waals surface area (Å²) in [6.07, 6.45) is 12.7. The molecule has 7 nitrogen and oxygen atoms in total. The van der Waals surface area contributed by atoms with Crippen LogP contribution < -0.4 is 15.5 Å². The monoisotopic (exact) mass is 557 g/mol. The smallest absolute Gasteiger partial charge is 0.343 e. The van der Waals surface area contributed by atoms with Gasteiger partial charge >= 0.3 is 5.97 Å². The summed E-state index contributed by atoms with van der Waals surface area (Å²) in [6, 6.07) is 13.7. The predicted molar refractivity (Wildman–Crippen MR) is 146 cm³/mol. The van der Waals surface area contributed by atoms with Gasteiger partial charge in [-0.1, -0.05) is 80.3 Å². The third-order valence-electron chi connectivity index (χ3n) is 5.51. The number of benzene rings is 2. The number of amides is 2. The van der Waals surface area contributed by atoms with Crippen molar-refractivity contribution in [2.45, 2.75) is 71.1 Å². The maximum atomic E-state index is 12.2. The van der Waals surface area contributed by atoms with Gasteiger partial charge in [-0.25, -0.2) is 10.2 Å². The molecule has 2 N–H and O–H groups in total. The Hall–Kier alpha value is -3.00. The Bertz CT molecular complexity index is 993. The summed E-state index contributed by atoms with van der Waals surface area (Å²) in [5.41, 5.74) is 3.55. The van der Waals surface area contributed by atoms with E-state index in [4.69, 9.17) is 4.74 Å². The Morgan fingerprint density at radius 2 is 1.56 bits per heavy atom. The van der Waals surface area contributed by atoms with Gasteiger partial charge in [0.1, 0.15) is 5.75 Å². The molecule has 0 saturated heterocycles. The fourth-order valence-corrected chi connectivity index (χ4v) is 3.88. The maximum Gasteiger partial charge on any atom is 0.343 e. The van der Waals surface area contributed by atoms with E-state index in [0.29, 0.717) is 23.3 Å². The highest BCUT2D eigenvalue weighted by Crippen LogP contribution is 2.16. The van der Waals surface area contributed by atoms with Gasteiger partial charge in [0, 0.05) is 10.9 Å². The molecule has 2 rings (SSSR count). The van der Waals surface area contributed by atoms with Crippen molar-refractivity contribution in [1.82, 2.24) is 10.7 Å². The Labute approximate surface area is 222 Å². The van der Waals surface area contributed by atoms with Crippen molar-refractivity contribution >= 4 is 39.9 Å². The van der Waals surface area contributed by atoms with Crippen LogP contribution in [0, 0.1) is 0 Å². The van der Waals surface area contributed by atoms with Crippen LogP contribution in [-0.4, -0.2) is 30.5 Å². The Balaban J connectivity index is 1.58. The molecule has 0 aromatic heterocycles. The second kappa shape index (κ2) is 17.4. The van der Waals surface area contributed by atoms with Crippen molar-refractivity contribution in [3.63, 3.8) is 0 Å². The molecule has 0 bridgehead atoms. The molecule has 194 valence electrons. The van der Waals surface area contributed by atoms with Gasteiger partial charge in [-0.2, -0.15) is 5.10 Å². The minimum absolute atomic E-state index is 0.113. The van der Waals surface area contributed by atoms with Crippen LogP contribution in [0.25, 0.3) is 0 Å². The molecule has 0 spiro atoms. The largest absolute Gasteiger partial charge is 0.423 e. The van der Waals surface area contributed by atoms with Crippen LogP contribution in [0.2, 0.25) is 0 Å². The molecule has 8 heteroatoms. The number of esters is 1. The number of halogens is 1. The predicted octanol–water partition coefficient (Wildman–Crippen LogP) is 6.16. The Morgan fingerprint density at radius 3 is 2.22 bits per heavy atom. The van der Waals surface area contributed by atoms with Crippen LogP contribution >= 0.6 is 15.9 Å². The van der Waals surface area contributed by atoms with E-state index >= 15 is 0 Å². The zero-order chi connectivity index (χ0) is 26.0. The average Bonchev–Trinajstić information content (AvgIpc) is 2.87. The van der Waals surface area contributed by atoms with Crippen LogP contribution in [0.4, 0.5) is 0 Å². The number of hydrogen-bond acceptors (Lipinski definition) is 5. The number of nitrogens with zero attached hydrogens (tertiary/aromatic N) is 1. The molecule has 0 aliphatic carbocycles. The lowest BCUT2D eigenvalue weighted by Crippen LogP contribution is -2.34. The third kappa shape index (κ3) is 12.6. The molecule has 36 heavy (non-hydrogen) atoms. The van der Waals surface area contributed by atoms with Gasteiger partial charge in [-0.05, 0) is 54.4 Å². The second-order valence-corrected chi connectivity index (χ2v) is 9.53. The molecule has 0 atom stereocenters. The van der Waals surface area contributed by atoms with Crippen molar-refractivity contribution in [3.8, 4) is 5.75 Å². The van der Waals surface area contributed by atoms with Crippen molar-refractivity contribution in [3.05, 3.63) is 64.1 Å². The van der Waals surface area contributed by atoms with Crippen molar-refractivity contribution in [2.75, 3.05) is 6.54 Å². The number of carbonyl (C=O) groups excluding carboxylic acids is 3. The highest BCUT2D eigenvalue weighted by molar-refractivity contribution is 9.10. The molecule has 0 aliphatic heterocycles. The molecule has 2 aromatic carbocycles. The highest BCUT2D eigenvalue weighted by atomic mass is 79.9. The first kappa shape index (κ1) is 29.2. The standard InChI is InChI=1S/C28H36BrN3O4/c1-2-3-4-5-6-7-8-9-10-14-26(33)30-21-27(34)32-31-20-22-15-17-25(18-16-22)36-28(35)23-12-11-13-24(29)19-23/h11-13,15-20H,2-10,14,21H2,1H3,(H,30,33)(H,32,34). The Kier molecular flexibility index (Phi) is 14.2. The normalized spacial score (nSPS) is 10.8. The summed E-state index contributed by atoms with van der Waals surface area (Å²) in [7, 11) is 0. The van der Waals surface area contributed by atoms with E-state index in [0.717, 1.165) is 23.7 Å². The zero-order valence-electron chi connectivity index (χ0n) is 20.9. The van der Waals surface area contributed by atoms with E-state index in [2.05, 4.69) is 38.7 Å². The fourth-order valence-electron chi connectivity index (χ4n) is 3.49. The lowest BCUT2D eigenvalue weighted by atomic mass is 10.1. The van der Waals surface area contributed by atoms with Gasteiger partial charge in [0.05, 0.1) is 18.3 Å². The van der Waals surface area contributed by atoms with E-state index in [1.165, 1.54) is 44.7 Å². The van der Waals surface area contributed by atoms with E-state index in [1.807, 2.05) is 6.07 Å². The summed E-state index contributed by atoms with van der Waals surface area (Å²) in [5, 5.41) is 6.52. The molecule has 0 saturated carbocycles. The van der Waals surface area contributed by atoms with Crippen LogP contribution in [-0.2, 0) is 9.59 Å². The van der Waals surface area contributed by atoms with Crippen LogP contribution in [0.1, 0.15) is 87.1 Å². The summed E-state index contributed by atoms with van der Waals surface area (Å²) >= 11 is 3.33. The first-order valence-corrected chi connectivity index (χ1v) is 13.4. The molecular formula is C28H36BrN3O4. The topological polar surface area (TPSA) is 96.9 Å². The third-order valence-corrected chi connectivity index (χ3v) is 6.00. The van der Waals surface area contributed by atoms with Crippen LogP contribution in [0.3, 0.4) is 0 Å². The number of carbonyl (C=O) groups is 3. The van der Waals surface area contributed by atoms with Crippen molar-refractivity contribution < 1.29 is 19.1 Å². The number of hydrazone groups is 1. The van der Waals surface area contributed by atoms with Crippen molar-refractivity contribution in [2.24, 2.45) is 5.10 Å². The Morgan fingerprint density at radius 1 is 0.889 bits per heavy atom. The molecule has 2 aromatic rings.